The Balaban J connectivity index is 1.93. The molecular formula is C20H23FN3O3S+. The maximum absolute atomic E-state index is 13.9. The molecule has 0 aliphatic heterocycles. The van der Waals surface area contributed by atoms with Gasteiger partial charge in [0.1, 0.15) is 28.1 Å². The molecule has 2 heterocycles. The van der Waals surface area contributed by atoms with E-state index < -0.39 is 5.97 Å². The second-order valence-corrected chi connectivity index (χ2v) is 7.74. The van der Waals surface area contributed by atoms with Crippen molar-refractivity contribution in [2.45, 2.75) is 33.4 Å². The number of thiophene rings is 1. The van der Waals surface area contributed by atoms with Gasteiger partial charge in [0.25, 0.3) is 5.56 Å². The number of ether oxygens (including phenoxy) is 1. The molecule has 148 valence electrons. The second-order valence-electron chi connectivity index (χ2n) is 6.74. The van der Waals surface area contributed by atoms with Crippen molar-refractivity contribution in [1.29, 1.82) is 0 Å². The summed E-state index contributed by atoms with van der Waals surface area (Å²) in [5.74, 6) is -0.193. The number of esters is 1. The molecule has 0 bridgehead atoms. The van der Waals surface area contributed by atoms with Crippen LogP contribution in [0.2, 0.25) is 0 Å². The van der Waals surface area contributed by atoms with E-state index in [0.717, 1.165) is 16.2 Å². The fourth-order valence-corrected chi connectivity index (χ4v) is 4.17. The molecule has 28 heavy (non-hydrogen) atoms. The summed E-state index contributed by atoms with van der Waals surface area (Å²) in [6, 6.07) is 6.47. The predicted molar refractivity (Wildman–Crippen MR) is 106 cm³/mol. The van der Waals surface area contributed by atoms with E-state index in [0.29, 0.717) is 38.6 Å². The highest BCUT2D eigenvalue weighted by atomic mass is 32.1. The molecule has 6 nitrogen and oxygen atoms in total. The van der Waals surface area contributed by atoms with Crippen molar-refractivity contribution in [3.63, 3.8) is 0 Å². The van der Waals surface area contributed by atoms with E-state index in [1.807, 2.05) is 14.0 Å². The summed E-state index contributed by atoms with van der Waals surface area (Å²) in [6.45, 7) is 6.10. The SMILES string of the molecule is CCOC(=O)c1sc2nc([C@@H](C)[NH+](C)Cc3ccccc3F)[nH]c(=O)c2c1C. The first-order valence-corrected chi connectivity index (χ1v) is 9.91. The van der Waals surface area contributed by atoms with Crippen LogP contribution in [0.25, 0.3) is 10.2 Å². The lowest BCUT2D eigenvalue weighted by atomic mass is 10.1. The van der Waals surface area contributed by atoms with Crippen LogP contribution in [0.15, 0.2) is 29.1 Å². The first-order chi connectivity index (χ1) is 13.3. The molecule has 0 fully saturated rings. The van der Waals surface area contributed by atoms with E-state index in [-0.39, 0.29) is 24.0 Å². The van der Waals surface area contributed by atoms with Gasteiger partial charge in [0.05, 0.1) is 19.0 Å². The molecule has 3 rings (SSSR count). The van der Waals surface area contributed by atoms with Crippen molar-refractivity contribution in [2.75, 3.05) is 13.7 Å². The fourth-order valence-electron chi connectivity index (χ4n) is 3.09. The largest absolute Gasteiger partial charge is 0.462 e. The highest BCUT2D eigenvalue weighted by molar-refractivity contribution is 7.20. The topological polar surface area (TPSA) is 76.5 Å². The lowest BCUT2D eigenvalue weighted by molar-refractivity contribution is -0.924. The summed E-state index contributed by atoms with van der Waals surface area (Å²) >= 11 is 1.16. The highest BCUT2D eigenvalue weighted by Crippen LogP contribution is 2.28. The molecule has 1 aromatic carbocycles. The van der Waals surface area contributed by atoms with Crippen molar-refractivity contribution in [3.05, 3.63) is 62.3 Å². The van der Waals surface area contributed by atoms with Crippen LogP contribution in [0.4, 0.5) is 4.39 Å². The average Bonchev–Trinajstić information content (AvgIpc) is 3.00. The Kier molecular flexibility index (Phi) is 5.90. The Bertz CT molecular complexity index is 1080. The van der Waals surface area contributed by atoms with Gasteiger partial charge in [-0.2, -0.15) is 0 Å². The number of nitrogens with zero attached hydrogens (tertiary/aromatic N) is 1. The molecule has 2 atom stereocenters. The van der Waals surface area contributed by atoms with Crippen LogP contribution in [0.1, 0.15) is 46.5 Å². The molecule has 2 N–H and O–H groups in total. The van der Waals surface area contributed by atoms with Crippen molar-refractivity contribution < 1.29 is 18.8 Å². The minimum Gasteiger partial charge on any atom is -0.462 e. The van der Waals surface area contributed by atoms with E-state index in [1.165, 1.54) is 6.07 Å². The summed E-state index contributed by atoms with van der Waals surface area (Å²) in [5, 5.41) is 0.413. The van der Waals surface area contributed by atoms with Gasteiger partial charge in [-0.1, -0.05) is 18.2 Å². The quantitative estimate of drug-likeness (QED) is 0.619. The van der Waals surface area contributed by atoms with Gasteiger partial charge in [0.2, 0.25) is 0 Å². The lowest BCUT2D eigenvalue weighted by Crippen LogP contribution is -3.07. The molecular weight excluding hydrogens is 381 g/mol. The number of aryl methyl sites for hydroxylation is 1. The molecule has 2 aromatic heterocycles. The number of hydrogen-bond acceptors (Lipinski definition) is 5. The number of benzene rings is 1. The molecule has 3 aromatic rings. The van der Waals surface area contributed by atoms with Gasteiger partial charge in [0.15, 0.2) is 5.82 Å². The first-order valence-electron chi connectivity index (χ1n) is 9.09. The normalized spacial score (nSPS) is 13.5. The number of aromatic nitrogens is 2. The number of H-pyrrole nitrogens is 1. The van der Waals surface area contributed by atoms with Crippen LogP contribution >= 0.6 is 11.3 Å². The summed E-state index contributed by atoms with van der Waals surface area (Å²) in [7, 11) is 1.92. The van der Waals surface area contributed by atoms with Crippen LogP contribution < -0.4 is 10.5 Å². The number of aromatic amines is 1. The third kappa shape index (κ3) is 3.83. The summed E-state index contributed by atoms with van der Waals surface area (Å²) in [4.78, 5) is 34.1. The monoisotopic (exact) mass is 404 g/mol. The van der Waals surface area contributed by atoms with Crippen LogP contribution in [-0.4, -0.2) is 29.6 Å². The lowest BCUT2D eigenvalue weighted by Gasteiger charge is -2.21. The third-order valence-electron chi connectivity index (χ3n) is 4.86. The molecule has 0 aliphatic carbocycles. The van der Waals surface area contributed by atoms with Crippen molar-refractivity contribution in [1.82, 2.24) is 9.97 Å². The Morgan fingerprint density at radius 1 is 1.39 bits per heavy atom. The van der Waals surface area contributed by atoms with E-state index in [4.69, 9.17) is 4.74 Å². The molecule has 0 saturated carbocycles. The molecule has 1 unspecified atom stereocenters. The zero-order valence-corrected chi connectivity index (χ0v) is 17.1. The van der Waals surface area contributed by atoms with Gasteiger partial charge in [-0.05, 0) is 32.4 Å². The fraction of sp³-hybridized carbons (Fsp3) is 0.350. The highest BCUT2D eigenvalue weighted by Gasteiger charge is 2.24. The van der Waals surface area contributed by atoms with E-state index >= 15 is 0 Å². The number of carbonyl (C=O) groups excluding carboxylic acids is 1. The molecule has 0 radical (unpaired) electrons. The molecule has 0 amide bonds. The van der Waals surface area contributed by atoms with Gasteiger partial charge in [-0.25, -0.2) is 14.2 Å². The Morgan fingerprint density at radius 2 is 2.11 bits per heavy atom. The third-order valence-corrected chi connectivity index (χ3v) is 6.02. The van der Waals surface area contributed by atoms with E-state index in [9.17, 15) is 14.0 Å². The maximum atomic E-state index is 13.9. The van der Waals surface area contributed by atoms with Gasteiger partial charge in [-0.15, -0.1) is 11.3 Å². The zero-order chi connectivity index (χ0) is 20.4. The molecule has 8 heteroatoms. The van der Waals surface area contributed by atoms with Crippen LogP contribution in [0.5, 0.6) is 0 Å². The maximum Gasteiger partial charge on any atom is 0.348 e. The van der Waals surface area contributed by atoms with Crippen LogP contribution in [0.3, 0.4) is 0 Å². The van der Waals surface area contributed by atoms with Crippen molar-refractivity contribution >= 4 is 27.5 Å². The molecule has 0 aliphatic rings. The van der Waals surface area contributed by atoms with E-state index in [2.05, 4.69) is 9.97 Å². The second kappa shape index (κ2) is 8.20. The summed E-state index contributed by atoms with van der Waals surface area (Å²) in [5.41, 5.74) is 0.903. The number of rotatable bonds is 6. The summed E-state index contributed by atoms with van der Waals surface area (Å²) < 4.78 is 19.0. The van der Waals surface area contributed by atoms with Gasteiger partial charge < -0.3 is 14.6 Å². The Morgan fingerprint density at radius 3 is 2.79 bits per heavy atom. The minimum atomic E-state index is -0.445. The standard InChI is InChI=1S/C20H22FN3O3S/c1-5-27-20(26)16-11(2)15-18(25)22-17(23-19(15)28-16)12(3)24(4)10-13-8-6-7-9-14(13)21/h6-9,12H,5,10H2,1-4H3,(H,22,23,25)/p+1/t12-/m1/s1. The van der Waals surface area contributed by atoms with Crippen molar-refractivity contribution in [2.24, 2.45) is 0 Å². The number of carbonyl (C=O) groups is 1. The van der Waals surface area contributed by atoms with Gasteiger partial charge in [0, 0.05) is 5.56 Å². The minimum absolute atomic E-state index is 0.176. The van der Waals surface area contributed by atoms with Crippen LogP contribution in [0, 0.1) is 12.7 Å². The van der Waals surface area contributed by atoms with E-state index in [1.54, 1.807) is 32.0 Å². The number of halogens is 1. The predicted octanol–water partition coefficient (Wildman–Crippen LogP) is 2.38. The zero-order valence-electron chi connectivity index (χ0n) is 16.3. The Labute approximate surface area is 166 Å². The number of fused-ring (bicyclic) bond motifs is 1. The number of quaternary nitrogens is 1. The number of nitrogens with one attached hydrogen (secondary N) is 2. The number of hydrogen-bond donors (Lipinski definition) is 2. The summed E-state index contributed by atoms with van der Waals surface area (Å²) in [6.07, 6.45) is 0. The van der Waals surface area contributed by atoms with Gasteiger partial charge in [-0.3, -0.25) is 4.79 Å². The average molecular weight is 404 g/mol. The molecule has 0 spiro atoms. The Hall–Kier alpha value is -2.58. The van der Waals surface area contributed by atoms with Gasteiger partial charge >= 0.3 is 5.97 Å². The smallest absolute Gasteiger partial charge is 0.348 e. The van der Waals surface area contributed by atoms with Crippen LogP contribution in [-0.2, 0) is 11.3 Å². The van der Waals surface area contributed by atoms with Crippen molar-refractivity contribution in [3.8, 4) is 0 Å². The molecule has 0 saturated heterocycles. The first kappa shape index (κ1) is 20.2.